The molecule has 9 nitrogen and oxygen atoms in total. The first kappa shape index (κ1) is 28.2. The van der Waals surface area contributed by atoms with Crippen LogP contribution in [0.15, 0.2) is 53.1 Å². The van der Waals surface area contributed by atoms with E-state index in [0.29, 0.717) is 45.7 Å². The van der Waals surface area contributed by atoms with Gasteiger partial charge in [-0.2, -0.15) is 18.3 Å². The number of nitrogens with two attached hydrogens (primary N) is 1. The van der Waals surface area contributed by atoms with Crippen LogP contribution in [0.4, 0.5) is 18.9 Å². The molecule has 0 saturated heterocycles. The first-order chi connectivity index (χ1) is 19.5. The highest BCUT2D eigenvalue weighted by Gasteiger charge is 2.35. The fourth-order valence-corrected chi connectivity index (χ4v) is 5.35. The minimum Gasteiger partial charge on any atom is -0.486 e. The molecule has 0 atom stereocenters. The molecule has 14 heteroatoms. The molecule has 4 heterocycles. The Bertz CT molecular complexity index is 1780. The van der Waals surface area contributed by atoms with Gasteiger partial charge in [0.1, 0.15) is 33.5 Å². The fraction of sp³-hybridized carbons (Fsp3) is 0.185. The zero-order chi connectivity index (χ0) is 29.5. The average molecular weight is 604 g/mol. The lowest BCUT2D eigenvalue weighted by molar-refractivity contribution is -0.140. The number of anilines is 1. The molecule has 0 aliphatic rings. The van der Waals surface area contributed by atoms with Gasteiger partial charge in [-0.1, -0.05) is 11.6 Å². The van der Waals surface area contributed by atoms with Crippen LogP contribution in [0.1, 0.15) is 44.3 Å². The molecule has 212 valence electrons. The maximum Gasteiger partial charge on any atom is 0.433 e. The van der Waals surface area contributed by atoms with E-state index >= 15 is 0 Å². The lowest BCUT2D eigenvalue weighted by Gasteiger charge is -2.12. The van der Waals surface area contributed by atoms with Crippen molar-refractivity contribution in [3.63, 3.8) is 0 Å². The molecule has 0 spiro atoms. The van der Waals surface area contributed by atoms with Crippen molar-refractivity contribution in [2.45, 2.75) is 33.2 Å². The van der Waals surface area contributed by atoms with Gasteiger partial charge in [0.2, 0.25) is 0 Å². The number of nitrogens with one attached hydrogen (secondary N) is 1. The number of aryl methyl sites for hydroxylation is 1. The van der Waals surface area contributed by atoms with Gasteiger partial charge in [-0.25, -0.2) is 4.98 Å². The number of primary amides is 1. The largest absolute Gasteiger partial charge is 0.486 e. The van der Waals surface area contributed by atoms with Crippen LogP contribution in [0.5, 0.6) is 5.75 Å². The number of nitrogens with zero attached hydrogens (tertiary/aromatic N) is 3. The third kappa shape index (κ3) is 5.63. The number of ether oxygens (including phenoxy) is 1. The van der Waals surface area contributed by atoms with Crippen LogP contribution in [0.2, 0.25) is 5.02 Å². The summed E-state index contributed by atoms with van der Waals surface area (Å²) in [5.41, 5.74) is 5.41. The molecule has 41 heavy (non-hydrogen) atoms. The second kappa shape index (κ2) is 10.9. The highest BCUT2D eigenvalue weighted by molar-refractivity contribution is 7.21. The molecule has 0 bridgehead atoms. The minimum absolute atomic E-state index is 0.0117. The first-order valence-corrected chi connectivity index (χ1v) is 13.3. The Hall–Kier alpha value is -4.36. The van der Waals surface area contributed by atoms with Gasteiger partial charge >= 0.3 is 6.18 Å². The number of halogens is 4. The summed E-state index contributed by atoms with van der Waals surface area (Å²) in [6.45, 7) is 4.04. The minimum atomic E-state index is -4.77. The predicted octanol–water partition coefficient (Wildman–Crippen LogP) is 6.68. The standard InChI is InChI=1S/C27H21ClF3N5O4S/c1-3-36-13(2)18(11-33-36)17-10-20(27(29,30)31)34-26-21(17)22(23(41-26)24(32)37)35-25(38)19-9-8-16(40-19)12-39-15-6-4-14(28)5-7-15/h4-11H,3,12H2,1-2H3,(H2,32,37)(H,35,38). The van der Waals surface area contributed by atoms with Crippen LogP contribution in [0.3, 0.4) is 0 Å². The second-order valence-corrected chi connectivity index (χ2v) is 10.3. The number of hydrogen-bond donors (Lipinski definition) is 2. The number of fused-ring (bicyclic) bond motifs is 1. The van der Waals surface area contributed by atoms with Crippen molar-refractivity contribution < 1.29 is 31.9 Å². The molecular weight excluding hydrogens is 583 g/mol. The SMILES string of the molecule is CCn1ncc(-c2cc(C(F)(F)F)nc3sc(C(N)=O)c(NC(=O)c4ccc(COc5ccc(Cl)cc5)o4)c23)c1C. The van der Waals surface area contributed by atoms with E-state index in [1.165, 1.54) is 18.3 Å². The van der Waals surface area contributed by atoms with E-state index in [-0.39, 0.29) is 38.7 Å². The average Bonchev–Trinajstić information content (AvgIpc) is 3.64. The van der Waals surface area contributed by atoms with Gasteiger partial charge in [-0.05, 0) is 61.9 Å². The summed E-state index contributed by atoms with van der Waals surface area (Å²) in [4.78, 5) is 29.1. The lowest BCUT2D eigenvalue weighted by Crippen LogP contribution is -2.16. The van der Waals surface area contributed by atoms with Crippen molar-refractivity contribution in [3.05, 3.63) is 81.5 Å². The Morgan fingerprint density at radius 1 is 1.17 bits per heavy atom. The quantitative estimate of drug-likeness (QED) is 0.204. The highest BCUT2D eigenvalue weighted by atomic mass is 35.5. The smallest absolute Gasteiger partial charge is 0.433 e. The molecule has 0 radical (unpaired) electrons. The number of rotatable bonds is 8. The number of pyridine rings is 1. The Morgan fingerprint density at radius 3 is 2.54 bits per heavy atom. The normalized spacial score (nSPS) is 11.7. The van der Waals surface area contributed by atoms with E-state index in [2.05, 4.69) is 15.4 Å². The van der Waals surface area contributed by atoms with Gasteiger partial charge in [-0.3, -0.25) is 14.3 Å². The summed E-state index contributed by atoms with van der Waals surface area (Å²) < 4.78 is 54.3. The summed E-state index contributed by atoms with van der Waals surface area (Å²) >= 11 is 6.53. The zero-order valence-corrected chi connectivity index (χ0v) is 23.1. The van der Waals surface area contributed by atoms with E-state index in [1.54, 1.807) is 35.9 Å². The highest BCUT2D eigenvalue weighted by Crippen LogP contribution is 2.44. The number of hydrogen-bond acceptors (Lipinski definition) is 7. The zero-order valence-electron chi connectivity index (χ0n) is 21.5. The molecular formula is C27H21ClF3N5O4S. The Morgan fingerprint density at radius 2 is 1.90 bits per heavy atom. The molecule has 2 amide bonds. The monoisotopic (exact) mass is 603 g/mol. The maximum absolute atomic E-state index is 13.8. The molecule has 0 unspecified atom stereocenters. The van der Waals surface area contributed by atoms with E-state index in [4.69, 9.17) is 26.5 Å². The van der Waals surface area contributed by atoms with Crippen LogP contribution < -0.4 is 15.8 Å². The van der Waals surface area contributed by atoms with Gasteiger partial charge in [0.25, 0.3) is 11.8 Å². The second-order valence-electron chi connectivity index (χ2n) is 8.83. The van der Waals surface area contributed by atoms with Gasteiger partial charge in [0.15, 0.2) is 5.76 Å². The van der Waals surface area contributed by atoms with Crippen molar-refractivity contribution in [3.8, 4) is 16.9 Å². The van der Waals surface area contributed by atoms with E-state index in [9.17, 15) is 22.8 Å². The molecule has 0 aliphatic heterocycles. The van der Waals surface area contributed by atoms with Gasteiger partial charge in [-0.15, -0.1) is 11.3 Å². The van der Waals surface area contributed by atoms with Crippen LogP contribution in [0.25, 0.3) is 21.3 Å². The third-order valence-corrected chi connectivity index (χ3v) is 7.54. The molecule has 0 saturated carbocycles. The number of thiophene rings is 1. The summed E-state index contributed by atoms with van der Waals surface area (Å²) in [6, 6.07) is 10.5. The van der Waals surface area contributed by atoms with Crippen LogP contribution in [-0.4, -0.2) is 26.6 Å². The maximum atomic E-state index is 13.8. The predicted molar refractivity (Wildman–Crippen MR) is 147 cm³/mol. The number of aromatic nitrogens is 3. The summed E-state index contributed by atoms with van der Waals surface area (Å²) in [5, 5.41) is 7.52. The number of carbonyl (C=O) groups is 2. The molecule has 1 aromatic carbocycles. The number of benzene rings is 1. The summed E-state index contributed by atoms with van der Waals surface area (Å²) in [5.74, 6) is -0.953. The Labute approximate surface area is 239 Å². The fourth-order valence-electron chi connectivity index (χ4n) is 4.22. The molecule has 5 aromatic rings. The molecule has 5 rings (SSSR count). The number of alkyl halides is 3. The molecule has 3 N–H and O–H groups in total. The van der Waals surface area contributed by atoms with Crippen LogP contribution >= 0.6 is 22.9 Å². The Balaban J connectivity index is 1.54. The van der Waals surface area contributed by atoms with Crippen molar-refractivity contribution in [2.24, 2.45) is 5.73 Å². The van der Waals surface area contributed by atoms with Crippen molar-refractivity contribution >= 4 is 50.7 Å². The topological polar surface area (TPSA) is 125 Å². The lowest BCUT2D eigenvalue weighted by atomic mass is 10.0. The number of amides is 2. The van der Waals surface area contributed by atoms with E-state index in [0.717, 1.165) is 6.07 Å². The van der Waals surface area contributed by atoms with Crippen LogP contribution in [-0.2, 0) is 19.3 Å². The van der Waals surface area contributed by atoms with Gasteiger partial charge in [0.05, 0.1) is 11.9 Å². The van der Waals surface area contributed by atoms with Crippen molar-refractivity contribution in [2.75, 3.05) is 5.32 Å². The number of carbonyl (C=O) groups excluding carboxylic acids is 2. The summed E-state index contributed by atoms with van der Waals surface area (Å²) in [7, 11) is 0. The first-order valence-electron chi connectivity index (χ1n) is 12.1. The molecule has 4 aromatic heterocycles. The van der Waals surface area contributed by atoms with E-state index in [1.807, 2.05) is 6.92 Å². The molecule has 0 aliphatic carbocycles. The number of furan rings is 1. The third-order valence-electron chi connectivity index (χ3n) is 6.19. The van der Waals surface area contributed by atoms with Crippen molar-refractivity contribution in [1.82, 2.24) is 14.8 Å². The molecule has 0 fully saturated rings. The summed E-state index contributed by atoms with van der Waals surface area (Å²) in [6.07, 6.45) is -3.34. The van der Waals surface area contributed by atoms with Gasteiger partial charge < -0.3 is 20.2 Å². The Kier molecular flexibility index (Phi) is 7.49. The van der Waals surface area contributed by atoms with Crippen LogP contribution in [0, 0.1) is 6.92 Å². The van der Waals surface area contributed by atoms with E-state index < -0.39 is 23.7 Å². The van der Waals surface area contributed by atoms with Gasteiger partial charge in [0, 0.05) is 28.2 Å². The van der Waals surface area contributed by atoms with Crippen molar-refractivity contribution in [1.29, 1.82) is 0 Å².